The number of rotatable bonds is 7. The molecule has 0 radical (unpaired) electrons. The lowest BCUT2D eigenvalue weighted by atomic mass is 10.2. The molecule has 136 valence electrons. The monoisotopic (exact) mass is 373 g/mol. The number of aliphatic imine (C=N–C) groups is 1. The molecule has 3 aromatic rings. The maximum absolute atomic E-state index is 5.99. The fourth-order valence-corrected chi connectivity index (χ4v) is 2.48. The number of furan rings is 1. The first-order valence-electron chi connectivity index (χ1n) is 8.37. The van der Waals surface area contributed by atoms with Crippen LogP contribution in [0.1, 0.15) is 18.6 Å². The third kappa shape index (κ3) is 5.10. The Morgan fingerprint density at radius 3 is 2.92 bits per heavy atom. The van der Waals surface area contributed by atoms with Crippen molar-refractivity contribution in [1.29, 1.82) is 0 Å². The SMILES string of the molecule is CCNC(=NCc1ccco1)NCCc1nc(-c2cccc(Cl)c2)no1. The van der Waals surface area contributed by atoms with Crippen molar-refractivity contribution in [3.63, 3.8) is 0 Å². The van der Waals surface area contributed by atoms with Gasteiger partial charge in [0.1, 0.15) is 12.3 Å². The van der Waals surface area contributed by atoms with Crippen LogP contribution >= 0.6 is 11.6 Å². The second-order valence-corrected chi connectivity index (χ2v) is 5.91. The van der Waals surface area contributed by atoms with Crippen LogP contribution in [-0.2, 0) is 13.0 Å². The van der Waals surface area contributed by atoms with Crippen LogP contribution < -0.4 is 10.6 Å². The van der Waals surface area contributed by atoms with E-state index in [1.54, 1.807) is 18.4 Å². The summed E-state index contributed by atoms with van der Waals surface area (Å²) in [6, 6.07) is 11.1. The molecule has 8 heteroatoms. The fourth-order valence-electron chi connectivity index (χ4n) is 2.29. The average Bonchev–Trinajstić information content (AvgIpc) is 3.32. The van der Waals surface area contributed by atoms with E-state index in [-0.39, 0.29) is 0 Å². The maximum Gasteiger partial charge on any atom is 0.228 e. The molecule has 3 rings (SSSR count). The highest BCUT2D eigenvalue weighted by atomic mass is 35.5. The van der Waals surface area contributed by atoms with Gasteiger partial charge in [0.15, 0.2) is 5.96 Å². The van der Waals surface area contributed by atoms with Crippen LogP contribution in [0.3, 0.4) is 0 Å². The number of nitrogens with one attached hydrogen (secondary N) is 2. The summed E-state index contributed by atoms with van der Waals surface area (Å²) < 4.78 is 10.6. The van der Waals surface area contributed by atoms with Crippen LogP contribution in [-0.4, -0.2) is 29.2 Å². The minimum Gasteiger partial charge on any atom is -0.467 e. The van der Waals surface area contributed by atoms with Crippen LogP contribution in [0.2, 0.25) is 5.02 Å². The van der Waals surface area contributed by atoms with Crippen LogP contribution in [0.15, 0.2) is 56.6 Å². The number of benzene rings is 1. The maximum atomic E-state index is 5.99. The number of halogens is 1. The Morgan fingerprint density at radius 1 is 1.23 bits per heavy atom. The van der Waals surface area contributed by atoms with Gasteiger partial charge >= 0.3 is 0 Å². The topological polar surface area (TPSA) is 88.5 Å². The Morgan fingerprint density at radius 2 is 2.15 bits per heavy atom. The molecule has 0 bridgehead atoms. The van der Waals surface area contributed by atoms with Crippen LogP contribution in [0.4, 0.5) is 0 Å². The van der Waals surface area contributed by atoms with E-state index in [9.17, 15) is 0 Å². The van der Waals surface area contributed by atoms with Crippen molar-refractivity contribution >= 4 is 17.6 Å². The Hall–Kier alpha value is -2.80. The first-order chi connectivity index (χ1) is 12.7. The lowest BCUT2D eigenvalue weighted by molar-refractivity contribution is 0.378. The summed E-state index contributed by atoms with van der Waals surface area (Å²) in [6.07, 6.45) is 2.22. The highest BCUT2D eigenvalue weighted by molar-refractivity contribution is 6.30. The summed E-state index contributed by atoms with van der Waals surface area (Å²) in [5.74, 6) is 2.60. The van der Waals surface area contributed by atoms with Crippen molar-refractivity contribution in [2.45, 2.75) is 19.9 Å². The highest BCUT2D eigenvalue weighted by Crippen LogP contribution is 2.19. The molecule has 0 saturated carbocycles. The Bertz CT molecular complexity index is 845. The van der Waals surface area contributed by atoms with Crippen LogP contribution in [0.25, 0.3) is 11.4 Å². The van der Waals surface area contributed by atoms with Gasteiger partial charge in [0.05, 0.1) is 6.26 Å². The van der Waals surface area contributed by atoms with E-state index in [2.05, 4.69) is 25.8 Å². The first-order valence-corrected chi connectivity index (χ1v) is 8.75. The van der Waals surface area contributed by atoms with E-state index in [1.165, 1.54) is 0 Å². The average molecular weight is 374 g/mol. The molecule has 0 amide bonds. The van der Waals surface area contributed by atoms with E-state index < -0.39 is 0 Å². The van der Waals surface area contributed by atoms with Crippen molar-refractivity contribution in [3.8, 4) is 11.4 Å². The predicted octanol–water partition coefficient (Wildman–Crippen LogP) is 3.28. The van der Waals surface area contributed by atoms with Gasteiger partial charge in [-0.05, 0) is 31.2 Å². The standard InChI is InChI=1S/C18H20ClN5O2/c1-2-20-18(22-12-15-7-4-10-25-15)21-9-8-16-23-17(24-26-16)13-5-3-6-14(19)11-13/h3-7,10-11H,2,8-9,12H2,1H3,(H2,20,21,22). The second-order valence-electron chi connectivity index (χ2n) is 5.47. The zero-order valence-corrected chi connectivity index (χ0v) is 15.2. The Kier molecular flexibility index (Phi) is 6.27. The number of aromatic nitrogens is 2. The van der Waals surface area contributed by atoms with Crippen molar-refractivity contribution in [3.05, 3.63) is 59.3 Å². The summed E-state index contributed by atoms with van der Waals surface area (Å²) >= 11 is 5.99. The van der Waals surface area contributed by atoms with E-state index in [0.29, 0.717) is 42.2 Å². The molecular formula is C18H20ClN5O2. The van der Waals surface area contributed by atoms with Crippen LogP contribution in [0, 0.1) is 0 Å². The first kappa shape index (κ1) is 18.0. The van der Waals surface area contributed by atoms with Crippen molar-refractivity contribution in [1.82, 2.24) is 20.8 Å². The highest BCUT2D eigenvalue weighted by Gasteiger charge is 2.09. The van der Waals surface area contributed by atoms with Gasteiger partial charge in [-0.2, -0.15) is 4.98 Å². The van der Waals surface area contributed by atoms with Crippen molar-refractivity contribution in [2.75, 3.05) is 13.1 Å². The third-order valence-corrected chi connectivity index (χ3v) is 3.73. The van der Waals surface area contributed by atoms with E-state index in [4.69, 9.17) is 20.5 Å². The third-order valence-electron chi connectivity index (χ3n) is 3.50. The Labute approximate surface area is 156 Å². The molecule has 0 spiro atoms. The van der Waals surface area contributed by atoms with E-state index in [0.717, 1.165) is 17.9 Å². The normalized spacial score (nSPS) is 11.5. The second kappa shape index (κ2) is 9.05. The largest absolute Gasteiger partial charge is 0.467 e. The fraction of sp³-hybridized carbons (Fsp3) is 0.278. The number of hydrogen-bond acceptors (Lipinski definition) is 5. The summed E-state index contributed by atoms with van der Waals surface area (Å²) in [7, 11) is 0. The lowest BCUT2D eigenvalue weighted by Gasteiger charge is -2.09. The molecule has 2 N–H and O–H groups in total. The lowest BCUT2D eigenvalue weighted by Crippen LogP contribution is -2.38. The van der Waals surface area contributed by atoms with Gasteiger partial charge in [0, 0.05) is 30.1 Å². The summed E-state index contributed by atoms with van der Waals surface area (Å²) in [5, 5.41) is 11.1. The van der Waals surface area contributed by atoms with Gasteiger partial charge in [0.2, 0.25) is 11.7 Å². The minimum absolute atomic E-state index is 0.474. The van der Waals surface area contributed by atoms with Gasteiger partial charge in [-0.3, -0.25) is 0 Å². The molecule has 7 nitrogen and oxygen atoms in total. The molecule has 2 aromatic heterocycles. The van der Waals surface area contributed by atoms with Gasteiger partial charge in [-0.15, -0.1) is 0 Å². The summed E-state index contributed by atoms with van der Waals surface area (Å²) in [4.78, 5) is 8.87. The Balaban J connectivity index is 1.54. The van der Waals surface area contributed by atoms with E-state index >= 15 is 0 Å². The summed E-state index contributed by atoms with van der Waals surface area (Å²) in [6.45, 7) is 3.87. The quantitative estimate of drug-likeness (QED) is 0.488. The van der Waals surface area contributed by atoms with Gasteiger partial charge < -0.3 is 19.6 Å². The number of hydrogen-bond donors (Lipinski definition) is 2. The van der Waals surface area contributed by atoms with Crippen molar-refractivity contribution < 1.29 is 8.94 Å². The molecule has 1 aromatic carbocycles. The zero-order chi connectivity index (χ0) is 18.2. The predicted molar refractivity (Wildman–Crippen MR) is 100.0 cm³/mol. The molecule has 0 unspecified atom stereocenters. The minimum atomic E-state index is 0.474. The molecule has 0 aliphatic carbocycles. The van der Waals surface area contributed by atoms with Gasteiger partial charge in [-0.1, -0.05) is 28.9 Å². The molecule has 0 atom stereocenters. The number of nitrogens with zero attached hydrogens (tertiary/aromatic N) is 3. The molecule has 0 saturated heterocycles. The van der Waals surface area contributed by atoms with Crippen molar-refractivity contribution in [2.24, 2.45) is 4.99 Å². The molecule has 0 aliphatic heterocycles. The van der Waals surface area contributed by atoms with Gasteiger partial charge in [-0.25, -0.2) is 4.99 Å². The molecule has 0 aliphatic rings. The molecule has 26 heavy (non-hydrogen) atoms. The number of guanidine groups is 1. The van der Waals surface area contributed by atoms with Crippen LogP contribution in [0.5, 0.6) is 0 Å². The molecule has 2 heterocycles. The van der Waals surface area contributed by atoms with Gasteiger partial charge in [0.25, 0.3) is 0 Å². The molecular weight excluding hydrogens is 354 g/mol. The molecule has 0 fully saturated rings. The summed E-state index contributed by atoms with van der Waals surface area (Å²) in [5.41, 5.74) is 0.828. The zero-order valence-electron chi connectivity index (χ0n) is 14.4. The smallest absolute Gasteiger partial charge is 0.228 e. The van der Waals surface area contributed by atoms with E-state index in [1.807, 2.05) is 31.2 Å².